The predicted molar refractivity (Wildman–Crippen MR) is 93.2 cm³/mol. The lowest BCUT2D eigenvalue weighted by Crippen LogP contribution is -2.15. The zero-order chi connectivity index (χ0) is 20.0. The van der Waals surface area contributed by atoms with Crippen molar-refractivity contribution in [3.63, 3.8) is 0 Å². The lowest BCUT2D eigenvalue weighted by atomic mass is 10.1. The number of rotatable bonds is 6. The number of esters is 2. The summed E-state index contributed by atoms with van der Waals surface area (Å²) in [6.07, 6.45) is 1.29. The van der Waals surface area contributed by atoms with Gasteiger partial charge in [-0.1, -0.05) is 0 Å². The van der Waals surface area contributed by atoms with E-state index >= 15 is 0 Å². The summed E-state index contributed by atoms with van der Waals surface area (Å²) in [5.74, 6) is -4.94. The van der Waals surface area contributed by atoms with Crippen LogP contribution in [0.5, 0.6) is 0 Å². The third-order valence-electron chi connectivity index (χ3n) is 3.25. The molecule has 0 aliphatic carbocycles. The maximum absolute atomic E-state index is 12.6. The minimum atomic E-state index is -2.75. The fourth-order valence-corrected chi connectivity index (χ4v) is 2.69. The molecule has 27 heavy (non-hydrogen) atoms. The van der Waals surface area contributed by atoms with Crippen LogP contribution in [0.25, 0.3) is 0 Å². The van der Waals surface area contributed by atoms with Crippen LogP contribution < -0.4 is 5.32 Å². The maximum atomic E-state index is 12.6. The number of methoxy groups -OCH3 is 2. The van der Waals surface area contributed by atoms with Crippen LogP contribution in [0.3, 0.4) is 0 Å². The molecule has 0 atom stereocenters. The van der Waals surface area contributed by atoms with Crippen LogP contribution in [-0.2, 0) is 9.47 Å². The first-order valence-electron chi connectivity index (χ1n) is 7.38. The second-order valence-electron chi connectivity index (χ2n) is 4.97. The molecule has 1 amide bonds. The monoisotopic (exact) mass is 396 g/mol. The van der Waals surface area contributed by atoms with Crippen molar-refractivity contribution in [2.75, 3.05) is 19.5 Å². The number of halogens is 2. The number of thioether (sulfide) groups is 1. The van der Waals surface area contributed by atoms with E-state index in [2.05, 4.69) is 19.8 Å². The first-order chi connectivity index (χ1) is 12.8. The van der Waals surface area contributed by atoms with E-state index in [1.165, 1.54) is 36.5 Å². The van der Waals surface area contributed by atoms with E-state index in [1.54, 1.807) is 0 Å². The molecule has 0 aliphatic rings. The van der Waals surface area contributed by atoms with E-state index in [-0.39, 0.29) is 39.2 Å². The normalized spacial score (nSPS) is 10.4. The number of hydrogen-bond donors (Lipinski definition) is 1. The number of amides is 1. The average Bonchev–Trinajstić information content (AvgIpc) is 2.66. The summed E-state index contributed by atoms with van der Waals surface area (Å²) in [6.45, 7) is 0. The Labute approximate surface area is 157 Å². The number of alkyl halides is 2. The molecule has 10 heteroatoms. The number of ether oxygens (including phenoxy) is 2. The molecule has 0 saturated carbocycles. The van der Waals surface area contributed by atoms with E-state index in [9.17, 15) is 23.2 Å². The molecule has 1 N–H and O–H groups in total. The topological polar surface area (TPSA) is 94.6 Å². The van der Waals surface area contributed by atoms with E-state index < -0.39 is 23.6 Å². The minimum Gasteiger partial charge on any atom is -0.465 e. The Morgan fingerprint density at radius 3 is 2.19 bits per heavy atom. The quantitative estimate of drug-likeness (QED) is 0.592. The van der Waals surface area contributed by atoms with Gasteiger partial charge in [0.05, 0.1) is 30.9 Å². The number of nitrogens with one attached hydrogen (secondary N) is 1. The second-order valence-corrected chi connectivity index (χ2v) is 5.95. The summed E-state index contributed by atoms with van der Waals surface area (Å²) in [7, 11) is 2.32. The smallest absolute Gasteiger partial charge is 0.337 e. The fourth-order valence-electron chi connectivity index (χ4n) is 2.11. The Kier molecular flexibility index (Phi) is 6.83. The van der Waals surface area contributed by atoms with Crippen LogP contribution in [0, 0.1) is 0 Å². The van der Waals surface area contributed by atoms with Crippen molar-refractivity contribution in [3.8, 4) is 0 Å². The molecule has 0 unspecified atom stereocenters. The van der Waals surface area contributed by atoms with E-state index in [0.29, 0.717) is 0 Å². The van der Waals surface area contributed by atoms with Gasteiger partial charge in [0.15, 0.2) is 0 Å². The Hall–Kier alpha value is -3.01. The van der Waals surface area contributed by atoms with Gasteiger partial charge in [-0.3, -0.25) is 4.79 Å². The molecule has 0 spiro atoms. The molecule has 142 valence electrons. The fraction of sp³-hybridized carbons (Fsp3) is 0.176. The summed E-state index contributed by atoms with van der Waals surface area (Å²) >= 11 is 0.134. The van der Waals surface area contributed by atoms with Crippen LogP contribution in [-0.4, -0.2) is 42.8 Å². The number of nitrogens with zero attached hydrogens (tertiary/aromatic N) is 1. The number of carbonyl (C=O) groups excluding carboxylic acids is 3. The van der Waals surface area contributed by atoms with E-state index in [4.69, 9.17) is 0 Å². The van der Waals surface area contributed by atoms with Crippen molar-refractivity contribution in [1.29, 1.82) is 0 Å². The molecular formula is C17H14F2N2O5S. The van der Waals surface area contributed by atoms with Crippen molar-refractivity contribution in [1.82, 2.24) is 4.98 Å². The summed E-state index contributed by atoms with van der Waals surface area (Å²) in [5.41, 5.74) is 0.0131. The highest BCUT2D eigenvalue weighted by molar-refractivity contribution is 7.99. The molecule has 0 bridgehead atoms. The predicted octanol–water partition coefficient (Wildman–Crippen LogP) is 3.22. The summed E-state index contributed by atoms with van der Waals surface area (Å²) in [4.78, 5) is 39.8. The first kappa shape index (κ1) is 20.3. The summed E-state index contributed by atoms with van der Waals surface area (Å²) in [5, 5.41) is 2.31. The van der Waals surface area contributed by atoms with Gasteiger partial charge < -0.3 is 14.8 Å². The lowest BCUT2D eigenvalue weighted by molar-refractivity contribution is 0.0598. The number of carbonyl (C=O) groups is 3. The third kappa shape index (κ3) is 5.23. The van der Waals surface area contributed by atoms with Crippen molar-refractivity contribution in [2.45, 2.75) is 10.8 Å². The van der Waals surface area contributed by atoms with Crippen molar-refractivity contribution >= 4 is 35.3 Å². The number of pyridine rings is 1. The molecule has 0 saturated heterocycles. The summed E-state index contributed by atoms with van der Waals surface area (Å²) < 4.78 is 34.5. The van der Waals surface area contributed by atoms with Crippen LogP contribution in [0.1, 0.15) is 31.1 Å². The molecule has 0 aliphatic heterocycles. The standard InChI is InChI=1S/C17H14F2N2O5S/c1-25-15(23)9-6-10(16(24)26-2)8-11(7-9)21-13(22)12-4-3-5-20-14(12)27-17(18)19/h3-8,17H,1-2H3,(H,21,22). The lowest BCUT2D eigenvalue weighted by Gasteiger charge is -2.11. The molecule has 1 aromatic heterocycles. The molecule has 7 nitrogen and oxygen atoms in total. The Morgan fingerprint density at radius 1 is 1.07 bits per heavy atom. The number of anilines is 1. The van der Waals surface area contributed by atoms with Crippen molar-refractivity contribution in [3.05, 3.63) is 53.2 Å². The van der Waals surface area contributed by atoms with E-state index in [0.717, 1.165) is 14.2 Å². The van der Waals surface area contributed by atoms with Gasteiger partial charge >= 0.3 is 11.9 Å². The summed E-state index contributed by atoms with van der Waals surface area (Å²) in [6, 6.07) is 6.57. The van der Waals surface area contributed by atoms with Gasteiger partial charge in [0, 0.05) is 11.9 Å². The number of benzene rings is 1. The number of hydrogen-bond acceptors (Lipinski definition) is 7. The molecule has 1 aromatic carbocycles. The highest BCUT2D eigenvalue weighted by atomic mass is 32.2. The molecular weight excluding hydrogens is 382 g/mol. The van der Waals surface area contributed by atoms with Gasteiger partial charge in [-0.05, 0) is 42.1 Å². The molecule has 1 heterocycles. The van der Waals surface area contributed by atoms with Crippen LogP contribution in [0.15, 0.2) is 41.6 Å². The largest absolute Gasteiger partial charge is 0.465 e. The Morgan fingerprint density at radius 2 is 1.67 bits per heavy atom. The van der Waals surface area contributed by atoms with Gasteiger partial charge in [0.2, 0.25) is 0 Å². The van der Waals surface area contributed by atoms with Gasteiger partial charge in [0.25, 0.3) is 11.7 Å². The highest BCUT2D eigenvalue weighted by Gasteiger charge is 2.19. The third-order valence-corrected chi connectivity index (χ3v) is 3.98. The van der Waals surface area contributed by atoms with Crippen LogP contribution in [0.2, 0.25) is 0 Å². The SMILES string of the molecule is COC(=O)c1cc(NC(=O)c2cccnc2SC(F)F)cc(C(=O)OC)c1. The van der Waals surface area contributed by atoms with Crippen molar-refractivity contribution < 1.29 is 32.6 Å². The van der Waals surface area contributed by atoms with Crippen molar-refractivity contribution in [2.24, 2.45) is 0 Å². The van der Waals surface area contributed by atoms with Gasteiger partial charge in [0.1, 0.15) is 5.03 Å². The first-order valence-corrected chi connectivity index (χ1v) is 8.26. The Bertz CT molecular complexity index is 842. The zero-order valence-electron chi connectivity index (χ0n) is 14.2. The van der Waals surface area contributed by atoms with Gasteiger partial charge in [-0.15, -0.1) is 0 Å². The zero-order valence-corrected chi connectivity index (χ0v) is 15.0. The van der Waals surface area contributed by atoms with Gasteiger partial charge in [-0.2, -0.15) is 8.78 Å². The van der Waals surface area contributed by atoms with Crippen LogP contribution in [0.4, 0.5) is 14.5 Å². The van der Waals surface area contributed by atoms with Crippen LogP contribution >= 0.6 is 11.8 Å². The molecule has 0 radical (unpaired) electrons. The minimum absolute atomic E-state index is 0.00376. The van der Waals surface area contributed by atoms with E-state index in [1.807, 2.05) is 0 Å². The molecule has 0 fully saturated rings. The Balaban J connectivity index is 2.37. The average molecular weight is 396 g/mol. The number of aromatic nitrogens is 1. The maximum Gasteiger partial charge on any atom is 0.337 e. The second kappa shape index (κ2) is 9.08. The van der Waals surface area contributed by atoms with Gasteiger partial charge in [-0.25, -0.2) is 14.6 Å². The highest BCUT2D eigenvalue weighted by Crippen LogP contribution is 2.27. The molecule has 2 rings (SSSR count). The molecule has 2 aromatic rings.